The van der Waals surface area contributed by atoms with Crippen molar-refractivity contribution in [3.63, 3.8) is 0 Å². The van der Waals surface area contributed by atoms with Gasteiger partial charge in [-0.1, -0.05) is 13.8 Å². The predicted molar refractivity (Wildman–Crippen MR) is 40.2 cm³/mol. The summed E-state index contributed by atoms with van der Waals surface area (Å²) in [5.74, 6) is 0.386. The lowest BCUT2D eigenvalue weighted by Gasteiger charge is -2.16. The molecule has 0 aromatic carbocycles. The van der Waals surface area contributed by atoms with Crippen LogP contribution < -0.4 is 0 Å². The number of carbonyl (C=O) groups is 1. The molecule has 0 saturated heterocycles. The topological polar surface area (TPSA) is 17.1 Å². The fourth-order valence-corrected chi connectivity index (χ4v) is 0.766. The minimum absolute atomic E-state index is 0.000772. The Hall–Kier alpha value is 0.250. The Morgan fingerprint density at radius 1 is 1.44 bits per heavy atom. The number of carbonyl (C=O) groups excluding carboxylic acids is 1. The molecule has 0 fully saturated rings. The van der Waals surface area contributed by atoms with E-state index in [0.717, 1.165) is 0 Å². The van der Waals surface area contributed by atoms with Gasteiger partial charge in [0.05, 0.1) is 5.88 Å². The molecule has 0 N–H and O–H groups in total. The number of hydrogen-bond donors (Lipinski definition) is 0. The SMILES string of the molecule is CC(C)(CCl)C(=O)CCl. The van der Waals surface area contributed by atoms with Gasteiger partial charge in [-0.2, -0.15) is 0 Å². The first-order valence-corrected chi connectivity index (χ1v) is 3.76. The van der Waals surface area contributed by atoms with E-state index in [2.05, 4.69) is 0 Å². The highest BCUT2D eigenvalue weighted by atomic mass is 35.5. The molecule has 0 radical (unpaired) electrons. The quantitative estimate of drug-likeness (QED) is 0.591. The largest absolute Gasteiger partial charge is 0.298 e. The molecule has 0 atom stereocenters. The predicted octanol–water partition coefficient (Wildman–Crippen LogP) is 2.06. The first-order valence-electron chi connectivity index (χ1n) is 2.70. The summed E-state index contributed by atoms with van der Waals surface area (Å²) in [4.78, 5) is 10.8. The molecular formula is C6H10Cl2O. The molecule has 0 heterocycles. The second-order valence-corrected chi connectivity index (χ2v) is 3.11. The smallest absolute Gasteiger partial charge is 0.154 e. The molecular weight excluding hydrogens is 159 g/mol. The van der Waals surface area contributed by atoms with E-state index in [4.69, 9.17) is 23.2 Å². The standard InChI is InChI=1S/C6H10Cl2O/c1-6(2,4-8)5(9)3-7/h3-4H2,1-2H3. The molecule has 0 aliphatic heterocycles. The summed E-state index contributed by atoms with van der Waals surface area (Å²) in [7, 11) is 0. The van der Waals surface area contributed by atoms with Gasteiger partial charge < -0.3 is 0 Å². The summed E-state index contributed by atoms with van der Waals surface area (Å²) in [5.41, 5.74) is -0.455. The summed E-state index contributed by atoms with van der Waals surface area (Å²) in [5, 5.41) is 0. The molecule has 0 amide bonds. The molecule has 0 aliphatic rings. The third-order valence-corrected chi connectivity index (χ3v) is 2.12. The second-order valence-electron chi connectivity index (χ2n) is 2.57. The van der Waals surface area contributed by atoms with Gasteiger partial charge in [-0.3, -0.25) is 4.79 Å². The first kappa shape index (κ1) is 9.25. The van der Waals surface area contributed by atoms with Gasteiger partial charge in [0.1, 0.15) is 0 Å². The van der Waals surface area contributed by atoms with Crippen molar-refractivity contribution in [3.05, 3.63) is 0 Å². The van der Waals surface area contributed by atoms with Crippen LogP contribution in [0.15, 0.2) is 0 Å². The Kier molecular flexibility index (Phi) is 3.52. The van der Waals surface area contributed by atoms with Crippen LogP contribution in [-0.4, -0.2) is 17.5 Å². The normalized spacial score (nSPS) is 11.6. The summed E-state index contributed by atoms with van der Waals surface area (Å²) in [6, 6.07) is 0. The summed E-state index contributed by atoms with van der Waals surface area (Å²) >= 11 is 10.8. The van der Waals surface area contributed by atoms with E-state index in [1.165, 1.54) is 0 Å². The van der Waals surface area contributed by atoms with Crippen molar-refractivity contribution in [1.29, 1.82) is 0 Å². The van der Waals surface area contributed by atoms with Crippen LogP contribution in [0.2, 0.25) is 0 Å². The van der Waals surface area contributed by atoms with E-state index >= 15 is 0 Å². The molecule has 1 nitrogen and oxygen atoms in total. The molecule has 9 heavy (non-hydrogen) atoms. The van der Waals surface area contributed by atoms with E-state index in [9.17, 15) is 4.79 Å². The van der Waals surface area contributed by atoms with Gasteiger partial charge in [0.2, 0.25) is 0 Å². The highest BCUT2D eigenvalue weighted by Gasteiger charge is 2.24. The van der Waals surface area contributed by atoms with Crippen LogP contribution in [0.25, 0.3) is 0 Å². The van der Waals surface area contributed by atoms with Crippen LogP contribution in [0.1, 0.15) is 13.8 Å². The van der Waals surface area contributed by atoms with E-state index < -0.39 is 5.41 Å². The van der Waals surface area contributed by atoms with Gasteiger partial charge >= 0.3 is 0 Å². The Bertz CT molecular complexity index is 110. The number of Topliss-reactive ketones (excluding diaryl/α,β-unsaturated/α-hetero) is 1. The van der Waals surface area contributed by atoms with Crippen molar-refractivity contribution >= 4 is 29.0 Å². The lowest BCUT2D eigenvalue weighted by atomic mass is 9.92. The minimum atomic E-state index is -0.455. The Balaban J connectivity index is 3.97. The van der Waals surface area contributed by atoms with Crippen molar-refractivity contribution in [2.24, 2.45) is 5.41 Å². The van der Waals surface area contributed by atoms with Crippen LogP contribution >= 0.6 is 23.2 Å². The average molecular weight is 169 g/mol. The van der Waals surface area contributed by atoms with Crippen molar-refractivity contribution in [2.75, 3.05) is 11.8 Å². The second kappa shape index (κ2) is 3.43. The summed E-state index contributed by atoms with van der Waals surface area (Å²) in [6.07, 6.45) is 0. The third-order valence-electron chi connectivity index (χ3n) is 1.21. The molecule has 0 unspecified atom stereocenters. The summed E-state index contributed by atoms with van der Waals surface area (Å²) in [6.45, 7) is 3.56. The Labute approximate surface area is 65.3 Å². The van der Waals surface area contributed by atoms with E-state index in [0.29, 0.717) is 5.88 Å². The van der Waals surface area contributed by atoms with Crippen LogP contribution in [0.4, 0.5) is 0 Å². The maximum absolute atomic E-state index is 10.8. The fourth-order valence-electron chi connectivity index (χ4n) is 0.255. The van der Waals surface area contributed by atoms with Crippen LogP contribution in [0.5, 0.6) is 0 Å². The molecule has 0 aromatic heterocycles. The van der Waals surface area contributed by atoms with Crippen molar-refractivity contribution in [2.45, 2.75) is 13.8 Å². The average Bonchev–Trinajstić information content (AvgIpc) is 1.86. The van der Waals surface area contributed by atoms with E-state index in [1.807, 2.05) is 0 Å². The molecule has 0 saturated carbocycles. The lowest BCUT2D eigenvalue weighted by Crippen LogP contribution is -2.26. The van der Waals surface area contributed by atoms with Crippen LogP contribution in [-0.2, 0) is 4.79 Å². The maximum atomic E-state index is 10.8. The minimum Gasteiger partial charge on any atom is -0.298 e. The highest BCUT2D eigenvalue weighted by Crippen LogP contribution is 2.18. The van der Waals surface area contributed by atoms with Crippen molar-refractivity contribution < 1.29 is 4.79 Å². The first-order chi connectivity index (χ1) is 4.04. The van der Waals surface area contributed by atoms with Crippen molar-refractivity contribution in [1.82, 2.24) is 0 Å². The molecule has 3 heteroatoms. The van der Waals surface area contributed by atoms with Gasteiger partial charge in [0.15, 0.2) is 5.78 Å². The van der Waals surface area contributed by atoms with Gasteiger partial charge in [-0.25, -0.2) is 0 Å². The number of rotatable bonds is 3. The van der Waals surface area contributed by atoms with Gasteiger partial charge in [-0.05, 0) is 0 Å². The molecule has 0 spiro atoms. The Morgan fingerprint density at radius 3 is 2.00 bits per heavy atom. The van der Waals surface area contributed by atoms with Gasteiger partial charge in [0, 0.05) is 11.3 Å². The molecule has 0 rings (SSSR count). The number of ketones is 1. The molecule has 54 valence electrons. The number of hydrogen-bond acceptors (Lipinski definition) is 1. The molecule has 0 bridgehead atoms. The molecule has 0 aliphatic carbocycles. The van der Waals surface area contributed by atoms with Crippen molar-refractivity contribution in [3.8, 4) is 0 Å². The zero-order chi connectivity index (χ0) is 7.49. The molecule has 0 aromatic rings. The number of alkyl halides is 2. The lowest BCUT2D eigenvalue weighted by molar-refractivity contribution is -0.123. The monoisotopic (exact) mass is 168 g/mol. The maximum Gasteiger partial charge on any atom is 0.154 e. The zero-order valence-corrected chi connectivity index (χ0v) is 7.09. The van der Waals surface area contributed by atoms with Gasteiger partial charge in [0.25, 0.3) is 0 Å². The number of halogens is 2. The fraction of sp³-hybridized carbons (Fsp3) is 0.833. The van der Waals surface area contributed by atoms with Crippen LogP contribution in [0.3, 0.4) is 0 Å². The van der Waals surface area contributed by atoms with Crippen LogP contribution in [0, 0.1) is 5.41 Å². The van der Waals surface area contributed by atoms with Gasteiger partial charge in [-0.15, -0.1) is 23.2 Å². The van der Waals surface area contributed by atoms with E-state index in [-0.39, 0.29) is 11.7 Å². The zero-order valence-electron chi connectivity index (χ0n) is 5.58. The third kappa shape index (κ3) is 2.55. The Morgan fingerprint density at radius 2 is 1.89 bits per heavy atom. The highest BCUT2D eigenvalue weighted by molar-refractivity contribution is 6.29. The van der Waals surface area contributed by atoms with E-state index in [1.54, 1.807) is 13.8 Å². The summed E-state index contributed by atoms with van der Waals surface area (Å²) < 4.78 is 0.